The monoisotopic (exact) mass is 442 g/mol. The van der Waals surface area contributed by atoms with Crippen LogP contribution in [0.5, 0.6) is 0 Å². The molecule has 1 saturated heterocycles. The minimum atomic E-state index is -3.56. The fourth-order valence-electron chi connectivity index (χ4n) is 3.83. The van der Waals surface area contributed by atoms with Crippen LogP contribution in [0.15, 0.2) is 53.4 Å². The molecule has 0 atom stereocenters. The van der Waals surface area contributed by atoms with Crippen molar-refractivity contribution in [2.75, 3.05) is 13.1 Å². The number of carbonyl (C=O) groups is 1. The molecule has 0 bridgehead atoms. The Bertz CT molecular complexity index is 983. The van der Waals surface area contributed by atoms with E-state index in [9.17, 15) is 13.2 Å². The van der Waals surface area contributed by atoms with Gasteiger partial charge in [-0.15, -0.1) is 0 Å². The predicted octanol–water partition coefficient (Wildman–Crippen LogP) is 4.19. The quantitative estimate of drug-likeness (QED) is 0.729. The van der Waals surface area contributed by atoms with Crippen molar-refractivity contribution in [3.63, 3.8) is 0 Å². The largest absolute Gasteiger partial charge is 0.343 e. The fraction of sp³-hybridized carbons (Fsp3) is 0.480. The number of piperidine rings is 1. The molecule has 6 heteroatoms. The number of hydrogen-bond acceptors (Lipinski definition) is 3. The van der Waals surface area contributed by atoms with Gasteiger partial charge in [0.1, 0.15) is 0 Å². The van der Waals surface area contributed by atoms with Crippen molar-refractivity contribution in [3.8, 4) is 0 Å². The van der Waals surface area contributed by atoms with Gasteiger partial charge >= 0.3 is 0 Å². The smallest absolute Gasteiger partial charge is 0.240 e. The van der Waals surface area contributed by atoms with Crippen LogP contribution in [-0.2, 0) is 26.7 Å². The van der Waals surface area contributed by atoms with Gasteiger partial charge in [-0.2, -0.15) is 0 Å². The highest BCUT2D eigenvalue weighted by Gasteiger charge is 2.27. The van der Waals surface area contributed by atoms with Crippen LogP contribution in [0.4, 0.5) is 0 Å². The molecule has 0 unspecified atom stereocenters. The molecule has 2 aromatic carbocycles. The van der Waals surface area contributed by atoms with Gasteiger partial charge in [-0.05, 0) is 54.9 Å². The van der Waals surface area contributed by atoms with Gasteiger partial charge < -0.3 is 4.90 Å². The molecule has 2 aromatic rings. The minimum Gasteiger partial charge on any atom is -0.343 e. The van der Waals surface area contributed by atoms with Gasteiger partial charge in [0.2, 0.25) is 15.9 Å². The summed E-state index contributed by atoms with van der Waals surface area (Å²) in [7, 11) is -3.56. The topological polar surface area (TPSA) is 66.5 Å². The van der Waals surface area contributed by atoms with E-state index in [1.807, 2.05) is 24.0 Å². The molecule has 1 aliphatic heterocycles. The number of nitrogens with one attached hydrogen (secondary N) is 1. The van der Waals surface area contributed by atoms with Crippen molar-refractivity contribution in [1.29, 1.82) is 0 Å². The Morgan fingerprint density at radius 1 is 1.00 bits per heavy atom. The fourth-order valence-corrected chi connectivity index (χ4v) is 5.14. The van der Waals surface area contributed by atoms with Crippen molar-refractivity contribution in [2.45, 2.75) is 69.7 Å². The summed E-state index contributed by atoms with van der Waals surface area (Å²) < 4.78 is 28.4. The highest BCUT2D eigenvalue weighted by molar-refractivity contribution is 7.89. The molecule has 3 rings (SSSR count). The van der Waals surface area contributed by atoms with Gasteiger partial charge in [-0.1, -0.05) is 62.7 Å². The molecule has 0 spiro atoms. The van der Waals surface area contributed by atoms with E-state index in [4.69, 9.17) is 0 Å². The average Bonchev–Trinajstić information content (AvgIpc) is 2.73. The first-order chi connectivity index (χ1) is 14.5. The van der Waals surface area contributed by atoms with Gasteiger partial charge in [-0.25, -0.2) is 13.1 Å². The normalized spacial score (nSPS) is 15.8. The van der Waals surface area contributed by atoms with E-state index >= 15 is 0 Å². The number of aryl methyl sites for hydroxylation is 2. The van der Waals surface area contributed by atoms with Gasteiger partial charge in [0.15, 0.2) is 0 Å². The van der Waals surface area contributed by atoms with Gasteiger partial charge in [0, 0.05) is 25.6 Å². The van der Waals surface area contributed by atoms with Gasteiger partial charge in [-0.3, -0.25) is 4.79 Å². The number of rotatable bonds is 6. The van der Waals surface area contributed by atoms with Crippen LogP contribution in [0.3, 0.4) is 0 Å². The molecule has 1 fully saturated rings. The molecular formula is C25H34N2O3S. The molecule has 1 N–H and O–H groups in total. The molecule has 1 amide bonds. The molecule has 168 valence electrons. The summed E-state index contributed by atoms with van der Waals surface area (Å²) >= 11 is 0. The molecule has 1 aliphatic rings. The maximum Gasteiger partial charge on any atom is 0.240 e. The Labute approximate surface area is 186 Å². The Kier molecular flexibility index (Phi) is 7.22. The highest BCUT2D eigenvalue weighted by Crippen LogP contribution is 2.24. The lowest BCUT2D eigenvalue weighted by molar-refractivity contribution is -0.132. The second-order valence-corrected chi connectivity index (χ2v) is 11.3. The van der Waals surface area contributed by atoms with Crippen molar-refractivity contribution >= 4 is 15.9 Å². The Morgan fingerprint density at radius 2 is 1.58 bits per heavy atom. The van der Waals surface area contributed by atoms with Crippen LogP contribution in [0.1, 0.15) is 56.7 Å². The molecular weight excluding hydrogens is 408 g/mol. The zero-order valence-electron chi connectivity index (χ0n) is 19.0. The Balaban J connectivity index is 1.49. The molecule has 5 nitrogen and oxygen atoms in total. The van der Waals surface area contributed by atoms with Crippen LogP contribution in [0.25, 0.3) is 0 Å². The lowest BCUT2D eigenvalue weighted by atomic mass is 9.87. The molecule has 0 aromatic heterocycles. The SMILES string of the molecule is Cc1ccc(CCC(=O)N2CCC(NS(=O)(=O)c3ccc(C(C)(C)C)cc3)CC2)cc1. The van der Waals surface area contributed by atoms with Crippen molar-refractivity contribution in [2.24, 2.45) is 0 Å². The van der Waals surface area contributed by atoms with Gasteiger partial charge in [0.05, 0.1) is 4.90 Å². The number of benzene rings is 2. The van der Waals surface area contributed by atoms with E-state index in [0.717, 1.165) is 12.0 Å². The van der Waals surface area contributed by atoms with E-state index in [2.05, 4.69) is 49.8 Å². The van der Waals surface area contributed by atoms with Crippen LogP contribution >= 0.6 is 0 Å². The molecule has 0 saturated carbocycles. The summed E-state index contributed by atoms with van der Waals surface area (Å²) in [6, 6.07) is 15.2. The number of sulfonamides is 1. The van der Waals surface area contributed by atoms with E-state index in [1.165, 1.54) is 11.1 Å². The number of likely N-dealkylation sites (tertiary alicyclic amines) is 1. The molecule has 1 heterocycles. The van der Waals surface area contributed by atoms with E-state index in [1.54, 1.807) is 12.1 Å². The molecule has 31 heavy (non-hydrogen) atoms. The van der Waals surface area contributed by atoms with Crippen LogP contribution in [0.2, 0.25) is 0 Å². The summed E-state index contributed by atoms with van der Waals surface area (Å²) in [5.41, 5.74) is 3.46. The standard InChI is InChI=1S/C25H34N2O3S/c1-19-5-7-20(8-6-19)9-14-24(28)27-17-15-22(16-18-27)26-31(29,30)23-12-10-21(11-13-23)25(2,3)4/h5-8,10-13,22,26H,9,14-18H2,1-4H3. The highest BCUT2D eigenvalue weighted by atomic mass is 32.2. The first kappa shape index (κ1) is 23.5. The number of amides is 1. The molecule has 0 aliphatic carbocycles. The van der Waals surface area contributed by atoms with E-state index in [0.29, 0.717) is 32.4 Å². The summed E-state index contributed by atoms with van der Waals surface area (Å²) in [5, 5.41) is 0. The first-order valence-electron chi connectivity index (χ1n) is 11.0. The summed E-state index contributed by atoms with van der Waals surface area (Å²) in [6.45, 7) is 9.53. The molecule has 0 radical (unpaired) electrons. The average molecular weight is 443 g/mol. The third-order valence-electron chi connectivity index (χ3n) is 5.95. The minimum absolute atomic E-state index is 0.0193. The third-order valence-corrected chi connectivity index (χ3v) is 7.48. The first-order valence-corrected chi connectivity index (χ1v) is 12.5. The predicted molar refractivity (Wildman–Crippen MR) is 125 cm³/mol. The number of nitrogens with zero attached hydrogens (tertiary/aromatic N) is 1. The van der Waals surface area contributed by atoms with E-state index in [-0.39, 0.29) is 22.3 Å². The number of hydrogen-bond donors (Lipinski definition) is 1. The summed E-state index contributed by atoms with van der Waals surface area (Å²) in [5.74, 6) is 0.139. The van der Waals surface area contributed by atoms with Crippen LogP contribution < -0.4 is 4.72 Å². The third kappa shape index (κ3) is 6.40. The van der Waals surface area contributed by atoms with Crippen LogP contribution in [0, 0.1) is 6.92 Å². The summed E-state index contributed by atoms with van der Waals surface area (Å²) in [6.07, 6.45) is 2.49. The van der Waals surface area contributed by atoms with Crippen molar-refractivity contribution in [1.82, 2.24) is 9.62 Å². The maximum absolute atomic E-state index is 12.8. The van der Waals surface area contributed by atoms with Crippen LogP contribution in [-0.4, -0.2) is 38.4 Å². The number of carbonyl (C=O) groups excluding carboxylic acids is 1. The lowest BCUT2D eigenvalue weighted by Crippen LogP contribution is -2.46. The lowest BCUT2D eigenvalue weighted by Gasteiger charge is -2.32. The zero-order chi connectivity index (χ0) is 22.6. The second-order valence-electron chi connectivity index (χ2n) is 9.54. The maximum atomic E-state index is 12.8. The van der Waals surface area contributed by atoms with Gasteiger partial charge in [0.25, 0.3) is 0 Å². The second kappa shape index (κ2) is 9.53. The summed E-state index contributed by atoms with van der Waals surface area (Å²) in [4.78, 5) is 14.7. The van der Waals surface area contributed by atoms with E-state index < -0.39 is 10.0 Å². The van der Waals surface area contributed by atoms with Crippen molar-refractivity contribution in [3.05, 3.63) is 65.2 Å². The Morgan fingerprint density at radius 3 is 2.13 bits per heavy atom. The zero-order valence-corrected chi connectivity index (χ0v) is 19.8. The van der Waals surface area contributed by atoms with Crippen molar-refractivity contribution < 1.29 is 13.2 Å². The Hall–Kier alpha value is -2.18.